The van der Waals surface area contributed by atoms with Gasteiger partial charge in [-0.15, -0.1) is 0 Å². The summed E-state index contributed by atoms with van der Waals surface area (Å²) in [5, 5.41) is 17.1. The van der Waals surface area contributed by atoms with Crippen molar-refractivity contribution in [2.24, 2.45) is 7.05 Å². The second-order valence-electron chi connectivity index (χ2n) is 4.05. The van der Waals surface area contributed by atoms with E-state index in [2.05, 4.69) is 15.7 Å². The summed E-state index contributed by atoms with van der Waals surface area (Å²) in [5.41, 5.74) is 1.15. The van der Waals surface area contributed by atoms with E-state index in [1.807, 2.05) is 0 Å². The lowest BCUT2D eigenvalue weighted by atomic mass is 10.2. The molecule has 0 aliphatic heterocycles. The predicted molar refractivity (Wildman–Crippen MR) is 66.6 cm³/mol. The molecule has 3 amide bonds. The molecule has 0 saturated heterocycles. The highest BCUT2D eigenvalue weighted by atomic mass is 16.4. The number of hydrogen-bond donors (Lipinski definition) is 3. The Bertz CT molecular complexity index is 495. The molecule has 19 heavy (non-hydrogen) atoms. The molecule has 1 rings (SSSR count). The Morgan fingerprint density at radius 3 is 2.58 bits per heavy atom. The molecule has 104 valence electrons. The van der Waals surface area contributed by atoms with Gasteiger partial charge in [0.15, 0.2) is 0 Å². The summed E-state index contributed by atoms with van der Waals surface area (Å²) < 4.78 is 1.54. The van der Waals surface area contributed by atoms with Crippen molar-refractivity contribution in [1.82, 2.24) is 15.1 Å². The van der Waals surface area contributed by atoms with Crippen molar-refractivity contribution in [3.8, 4) is 0 Å². The molecular formula is C11H16N4O4. The number of imide groups is 1. The zero-order valence-corrected chi connectivity index (χ0v) is 10.8. The van der Waals surface area contributed by atoms with Gasteiger partial charge in [-0.25, -0.2) is 4.79 Å². The van der Waals surface area contributed by atoms with Gasteiger partial charge < -0.3 is 10.4 Å². The van der Waals surface area contributed by atoms with E-state index in [-0.39, 0.29) is 19.3 Å². The highest BCUT2D eigenvalue weighted by molar-refractivity contribution is 6.01. The van der Waals surface area contributed by atoms with Crippen molar-refractivity contribution >= 4 is 23.6 Å². The number of urea groups is 1. The van der Waals surface area contributed by atoms with Crippen LogP contribution in [0.25, 0.3) is 0 Å². The number of nitrogens with one attached hydrogen (secondary N) is 2. The number of aryl methyl sites for hydroxylation is 2. The highest BCUT2D eigenvalue weighted by Gasteiger charge is 2.11. The van der Waals surface area contributed by atoms with Crippen LogP contribution in [0, 0.1) is 6.92 Å². The number of aromatic nitrogens is 2. The third kappa shape index (κ3) is 5.19. The number of nitrogens with zero attached hydrogens (tertiary/aromatic N) is 2. The molecule has 1 aromatic rings. The first kappa shape index (κ1) is 14.7. The lowest BCUT2D eigenvalue weighted by molar-refractivity contribution is -0.137. The minimum Gasteiger partial charge on any atom is -0.481 e. The number of carbonyl (C=O) groups excluding carboxylic acids is 2. The Kier molecular flexibility index (Phi) is 5.04. The highest BCUT2D eigenvalue weighted by Crippen LogP contribution is 2.10. The van der Waals surface area contributed by atoms with Gasteiger partial charge in [-0.2, -0.15) is 5.10 Å². The van der Waals surface area contributed by atoms with Crippen molar-refractivity contribution in [3.63, 3.8) is 0 Å². The number of amides is 3. The van der Waals surface area contributed by atoms with Crippen molar-refractivity contribution in [2.75, 3.05) is 5.32 Å². The van der Waals surface area contributed by atoms with Crippen LogP contribution >= 0.6 is 0 Å². The maximum atomic E-state index is 11.5. The summed E-state index contributed by atoms with van der Waals surface area (Å²) >= 11 is 0. The molecule has 0 radical (unpaired) electrons. The maximum Gasteiger partial charge on any atom is 0.325 e. The van der Waals surface area contributed by atoms with Crippen LogP contribution in [0.4, 0.5) is 10.5 Å². The van der Waals surface area contributed by atoms with E-state index in [4.69, 9.17) is 5.11 Å². The van der Waals surface area contributed by atoms with Gasteiger partial charge in [-0.05, 0) is 13.3 Å². The fourth-order valence-corrected chi connectivity index (χ4v) is 1.47. The minimum atomic E-state index is -0.969. The van der Waals surface area contributed by atoms with Gasteiger partial charge in [-0.1, -0.05) is 0 Å². The van der Waals surface area contributed by atoms with Crippen molar-refractivity contribution in [2.45, 2.75) is 26.2 Å². The Balaban J connectivity index is 2.36. The maximum absolute atomic E-state index is 11.5. The van der Waals surface area contributed by atoms with Crippen LogP contribution in [0.5, 0.6) is 0 Å². The van der Waals surface area contributed by atoms with Gasteiger partial charge in [0.1, 0.15) is 0 Å². The molecule has 1 heterocycles. The Hall–Kier alpha value is -2.38. The van der Waals surface area contributed by atoms with Crippen molar-refractivity contribution in [1.29, 1.82) is 0 Å². The first-order valence-electron chi connectivity index (χ1n) is 5.71. The quantitative estimate of drug-likeness (QED) is 0.724. The lowest BCUT2D eigenvalue weighted by Crippen LogP contribution is -2.34. The molecular weight excluding hydrogens is 252 g/mol. The molecule has 8 nitrogen and oxygen atoms in total. The second kappa shape index (κ2) is 6.53. The van der Waals surface area contributed by atoms with Gasteiger partial charge in [0, 0.05) is 26.1 Å². The van der Waals surface area contributed by atoms with E-state index in [0.29, 0.717) is 11.4 Å². The van der Waals surface area contributed by atoms with E-state index >= 15 is 0 Å². The molecule has 0 spiro atoms. The lowest BCUT2D eigenvalue weighted by Gasteiger charge is -2.05. The van der Waals surface area contributed by atoms with E-state index in [1.54, 1.807) is 24.9 Å². The van der Waals surface area contributed by atoms with E-state index in [0.717, 1.165) is 0 Å². The third-order valence-electron chi connectivity index (χ3n) is 2.31. The number of aliphatic carboxylic acids is 1. The largest absolute Gasteiger partial charge is 0.481 e. The van der Waals surface area contributed by atoms with Gasteiger partial charge >= 0.3 is 12.0 Å². The summed E-state index contributed by atoms with van der Waals surface area (Å²) in [5.74, 6) is -1.48. The monoisotopic (exact) mass is 268 g/mol. The standard InChI is InChI=1S/C11H16N4O4/c1-7-8(6-15(2)14-7)12-11(19)13-9(16)4-3-5-10(17)18/h6H,3-5H2,1-2H3,(H,17,18)(H2,12,13,16,19). The molecule has 3 N–H and O–H groups in total. The smallest absolute Gasteiger partial charge is 0.325 e. The number of rotatable bonds is 5. The number of carboxylic acid groups (broad SMARTS) is 1. The molecule has 0 unspecified atom stereocenters. The third-order valence-corrected chi connectivity index (χ3v) is 2.31. The van der Waals surface area contributed by atoms with Gasteiger partial charge in [0.2, 0.25) is 5.91 Å². The Morgan fingerprint density at radius 1 is 1.37 bits per heavy atom. The van der Waals surface area contributed by atoms with Crippen LogP contribution in [-0.2, 0) is 16.6 Å². The van der Waals surface area contributed by atoms with Crippen LogP contribution in [0.1, 0.15) is 25.0 Å². The first-order valence-corrected chi connectivity index (χ1v) is 5.71. The fraction of sp³-hybridized carbons (Fsp3) is 0.455. The first-order chi connectivity index (χ1) is 8.88. The molecule has 8 heteroatoms. The molecule has 0 aromatic carbocycles. The van der Waals surface area contributed by atoms with Gasteiger partial charge in [-0.3, -0.25) is 19.6 Å². The molecule has 1 aromatic heterocycles. The Morgan fingerprint density at radius 2 is 2.05 bits per heavy atom. The molecule has 0 aliphatic rings. The summed E-state index contributed by atoms with van der Waals surface area (Å²) in [6.07, 6.45) is 1.70. The number of anilines is 1. The second-order valence-corrected chi connectivity index (χ2v) is 4.05. The minimum absolute atomic E-state index is 0.00819. The molecule has 0 aliphatic carbocycles. The number of carbonyl (C=O) groups is 3. The molecule has 0 saturated carbocycles. The van der Waals surface area contributed by atoms with Crippen LogP contribution in [-0.4, -0.2) is 32.8 Å². The Labute approximate surface area is 109 Å². The van der Waals surface area contributed by atoms with Crippen LogP contribution in [0.3, 0.4) is 0 Å². The summed E-state index contributed by atoms with van der Waals surface area (Å²) in [7, 11) is 1.72. The fourth-order valence-electron chi connectivity index (χ4n) is 1.47. The van der Waals surface area contributed by atoms with Crippen LogP contribution in [0.15, 0.2) is 6.20 Å². The molecule has 0 bridgehead atoms. The molecule has 0 atom stereocenters. The normalized spacial score (nSPS) is 10.0. The molecule has 0 fully saturated rings. The van der Waals surface area contributed by atoms with Crippen molar-refractivity contribution in [3.05, 3.63) is 11.9 Å². The number of carboxylic acids is 1. The van der Waals surface area contributed by atoms with E-state index in [1.165, 1.54) is 0 Å². The van der Waals surface area contributed by atoms with Crippen molar-refractivity contribution < 1.29 is 19.5 Å². The van der Waals surface area contributed by atoms with Crippen LogP contribution < -0.4 is 10.6 Å². The van der Waals surface area contributed by atoms with E-state index in [9.17, 15) is 14.4 Å². The summed E-state index contributed by atoms with van der Waals surface area (Å²) in [4.78, 5) is 33.1. The zero-order valence-electron chi connectivity index (χ0n) is 10.8. The van der Waals surface area contributed by atoms with Gasteiger partial charge in [0.05, 0.1) is 11.4 Å². The van der Waals surface area contributed by atoms with Gasteiger partial charge in [0.25, 0.3) is 0 Å². The number of hydrogen-bond acceptors (Lipinski definition) is 4. The zero-order chi connectivity index (χ0) is 14.4. The average Bonchev–Trinajstić information content (AvgIpc) is 2.56. The summed E-state index contributed by atoms with van der Waals surface area (Å²) in [6.45, 7) is 1.73. The summed E-state index contributed by atoms with van der Waals surface area (Å²) in [6, 6.07) is -0.656. The van der Waals surface area contributed by atoms with E-state index < -0.39 is 17.9 Å². The predicted octanol–water partition coefficient (Wildman–Crippen LogP) is 0.632. The SMILES string of the molecule is Cc1nn(C)cc1NC(=O)NC(=O)CCCC(=O)O. The topological polar surface area (TPSA) is 113 Å². The van der Waals surface area contributed by atoms with Crippen LogP contribution in [0.2, 0.25) is 0 Å². The average molecular weight is 268 g/mol.